The zero-order valence-electron chi connectivity index (χ0n) is 10.2. The normalized spacial score (nSPS) is 12.2. The van der Waals surface area contributed by atoms with Crippen molar-refractivity contribution in [3.8, 4) is 11.5 Å². The maximum absolute atomic E-state index is 10.0. The number of benzene rings is 1. The standard InChI is InChI=1S/C13H20O3/c1-4-5-8-11(14)10-7-6-9-12(15-2)13(10)16-3/h6-7,9,11,14H,4-5,8H2,1-3H3. The van der Waals surface area contributed by atoms with Crippen molar-refractivity contribution in [2.45, 2.75) is 32.3 Å². The molecule has 1 aromatic carbocycles. The van der Waals surface area contributed by atoms with Gasteiger partial charge < -0.3 is 14.6 Å². The van der Waals surface area contributed by atoms with Crippen molar-refractivity contribution in [1.82, 2.24) is 0 Å². The molecule has 0 aliphatic carbocycles. The van der Waals surface area contributed by atoms with Crippen LogP contribution >= 0.6 is 0 Å². The Kier molecular flexibility index (Phi) is 5.12. The van der Waals surface area contributed by atoms with Crippen LogP contribution in [-0.2, 0) is 0 Å². The Morgan fingerprint density at radius 2 is 2.00 bits per heavy atom. The smallest absolute Gasteiger partial charge is 0.166 e. The van der Waals surface area contributed by atoms with Crippen LogP contribution in [0, 0.1) is 0 Å². The maximum Gasteiger partial charge on any atom is 0.166 e. The van der Waals surface area contributed by atoms with Crippen molar-refractivity contribution < 1.29 is 14.6 Å². The van der Waals surface area contributed by atoms with Crippen LogP contribution in [0.3, 0.4) is 0 Å². The van der Waals surface area contributed by atoms with E-state index in [2.05, 4.69) is 6.92 Å². The van der Waals surface area contributed by atoms with E-state index in [1.807, 2.05) is 18.2 Å². The van der Waals surface area contributed by atoms with Gasteiger partial charge in [-0.2, -0.15) is 0 Å². The van der Waals surface area contributed by atoms with Crippen LogP contribution in [0.1, 0.15) is 37.9 Å². The molecular weight excluding hydrogens is 204 g/mol. The van der Waals surface area contributed by atoms with Crippen LogP contribution in [0.15, 0.2) is 18.2 Å². The lowest BCUT2D eigenvalue weighted by atomic mass is 10.0. The van der Waals surface area contributed by atoms with Gasteiger partial charge in [0.25, 0.3) is 0 Å². The summed E-state index contributed by atoms with van der Waals surface area (Å²) in [7, 11) is 3.19. The molecule has 0 radical (unpaired) electrons. The Hall–Kier alpha value is -1.22. The molecule has 1 atom stereocenters. The molecule has 3 heteroatoms. The lowest BCUT2D eigenvalue weighted by molar-refractivity contribution is 0.159. The minimum atomic E-state index is -0.481. The molecule has 90 valence electrons. The summed E-state index contributed by atoms with van der Waals surface area (Å²) in [5, 5.41) is 10.0. The fourth-order valence-electron chi connectivity index (χ4n) is 1.73. The summed E-state index contributed by atoms with van der Waals surface area (Å²) in [6, 6.07) is 5.57. The van der Waals surface area contributed by atoms with Gasteiger partial charge in [0.15, 0.2) is 11.5 Å². The third-order valence-electron chi connectivity index (χ3n) is 2.62. The first kappa shape index (κ1) is 12.8. The average Bonchev–Trinajstić information content (AvgIpc) is 2.34. The number of unbranched alkanes of at least 4 members (excludes halogenated alkanes) is 1. The molecule has 0 spiro atoms. The second-order valence-corrected chi connectivity index (χ2v) is 3.74. The van der Waals surface area contributed by atoms with Crippen molar-refractivity contribution in [3.63, 3.8) is 0 Å². The molecule has 0 heterocycles. The number of hydrogen-bond acceptors (Lipinski definition) is 3. The highest BCUT2D eigenvalue weighted by molar-refractivity contribution is 5.47. The number of ether oxygens (including phenoxy) is 2. The molecular formula is C13H20O3. The molecule has 16 heavy (non-hydrogen) atoms. The predicted molar refractivity (Wildman–Crippen MR) is 64.0 cm³/mol. The lowest BCUT2D eigenvalue weighted by Gasteiger charge is -2.16. The number of aliphatic hydroxyl groups excluding tert-OH is 1. The Balaban J connectivity index is 2.93. The molecule has 0 saturated carbocycles. The highest BCUT2D eigenvalue weighted by Crippen LogP contribution is 2.36. The maximum atomic E-state index is 10.0. The van der Waals surface area contributed by atoms with Gasteiger partial charge in [0, 0.05) is 5.56 Å². The second-order valence-electron chi connectivity index (χ2n) is 3.74. The van der Waals surface area contributed by atoms with E-state index in [4.69, 9.17) is 9.47 Å². The molecule has 1 rings (SSSR count). The fraction of sp³-hybridized carbons (Fsp3) is 0.538. The van der Waals surface area contributed by atoms with Crippen LogP contribution in [0.2, 0.25) is 0 Å². The van der Waals surface area contributed by atoms with E-state index in [0.29, 0.717) is 11.5 Å². The predicted octanol–water partition coefficient (Wildman–Crippen LogP) is 2.93. The first-order valence-corrected chi connectivity index (χ1v) is 5.63. The van der Waals surface area contributed by atoms with Crippen LogP contribution in [0.4, 0.5) is 0 Å². The number of para-hydroxylation sites is 1. The molecule has 1 aromatic rings. The largest absolute Gasteiger partial charge is 0.493 e. The van der Waals surface area contributed by atoms with E-state index < -0.39 is 6.10 Å². The van der Waals surface area contributed by atoms with Gasteiger partial charge >= 0.3 is 0 Å². The quantitative estimate of drug-likeness (QED) is 0.807. The first-order chi connectivity index (χ1) is 7.74. The zero-order valence-corrected chi connectivity index (χ0v) is 10.2. The van der Waals surface area contributed by atoms with Crippen molar-refractivity contribution in [1.29, 1.82) is 0 Å². The summed E-state index contributed by atoms with van der Waals surface area (Å²) in [6.45, 7) is 2.11. The van der Waals surface area contributed by atoms with Gasteiger partial charge in [0.1, 0.15) is 0 Å². The van der Waals surface area contributed by atoms with Gasteiger partial charge in [-0.15, -0.1) is 0 Å². The van der Waals surface area contributed by atoms with Gasteiger partial charge in [-0.25, -0.2) is 0 Å². The monoisotopic (exact) mass is 224 g/mol. The minimum Gasteiger partial charge on any atom is -0.493 e. The van der Waals surface area contributed by atoms with Crippen LogP contribution in [-0.4, -0.2) is 19.3 Å². The SMILES string of the molecule is CCCCC(O)c1cccc(OC)c1OC. The van der Waals surface area contributed by atoms with E-state index in [1.54, 1.807) is 14.2 Å². The molecule has 0 amide bonds. The van der Waals surface area contributed by atoms with Crippen LogP contribution in [0.25, 0.3) is 0 Å². The molecule has 0 fully saturated rings. The van der Waals surface area contributed by atoms with Crippen molar-refractivity contribution in [2.24, 2.45) is 0 Å². The van der Waals surface area contributed by atoms with E-state index in [1.165, 1.54) is 0 Å². The summed E-state index contributed by atoms with van der Waals surface area (Å²) < 4.78 is 10.5. The van der Waals surface area contributed by atoms with Gasteiger partial charge in [-0.3, -0.25) is 0 Å². The van der Waals surface area contributed by atoms with E-state index in [9.17, 15) is 5.11 Å². The molecule has 1 unspecified atom stereocenters. The second kappa shape index (κ2) is 6.38. The summed E-state index contributed by atoms with van der Waals surface area (Å²) >= 11 is 0. The molecule has 0 aliphatic rings. The number of rotatable bonds is 6. The number of methoxy groups -OCH3 is 2. The van der Waals surface area contributed by atoms with Crippen molar-refractivity contribution in [3.05, 3.63) is 23.8 Å². The van der Waals surface area contributed by atoms with Crippen molar-refractivity contribution in [2.75, 3.05) is 14.2 Å². The molecule has 0 bridgehead atoms. The van der Waals surface area contributed by atoms with E-state index in [-0.39, 0.29) is 0 Å². The van der Waals surface area contributed by atoms with E-state index in [0.717, 1.165) is 24.8 Å². The zero-order chi connectivity index (χ0) is 12.0. The highest BCUT2D eigenvalue weighted by Gasteiger charge is 2.16. The molecule has 0 saturated heterocycles. The molecule has 1 N–H and O–H groups in total. The van der Waals surface area contributed by atoms with Gasteiger partial charge in [-0.05, 0) is 12.5 Å². The van der Waals surface area contributed by atoms with Gasteiger partial charge in [0.05, 0.1) is 20.3 Å². The van der Waals surface area contributed by atoms with Crippen LogP contribution < -0.4 is 9.47 Å². The Morgan fingerprint density at radius 3 is 2.56 bits per heavy atom. The van der Waals surface area contributed by atoms with Gasteiger partial charge in [-0.1, -0.05) is 31.9 Å². The third kappa shape index (κ3) is 2.89. The highest BCUT2D eigenvalue weighted by atomic mass is 16.5. The Bertz CT molecular complexity index is 323. The Labute approximate surface area is 97.0 Å². The Morgan fingerprint density at radius 1 is 1.25 bits per heavy atom. The minimum absolute atomic E-state index is 0.481. The molecule has 0 aliphatic heterocycles. The average molecular weight is 224 g/mol. The van der Waals surface area contributed by atoms with Crippen molar-refractivity contribution >= 4 is 0 Å². The summed E-state index contributed by atoms with van der Waals surface area (Å²) in [5.74, 6) is 1.30. The molecule has 3 nitrogen and oxygen atoms in total. The lowest BCUT2D eigenvalue weighted by Crippen LogP contribution is -2.02. The van der Waals surface area contributed by atoms with Crippen LogP contribution in [0.5, 0.6) is 11.5 Å². The fourth-order valence-corrected chi connectivity index (χ4v) is 1.73. The topological polar surface area (TPSA) is 38.7 Å². The third-order valence-corrected chi connectivity index (χ3v) is 2.62. The summed E-state index contributed by atoms with van der Waals surface area (Å²) in [4.78, 5) is 0. The van der Waals surface area contributed by atoms with E-state index >= 15 is 0 Å². The number of aliphatic hydroxyl groups is 1. The summed E-state index contributed by atoms with van der Waals surface area (Å²) in [5.41, 5.74) is 0.801. The molecule has 0 aromatic heterocycles. The van der Waals surface area contributed by atoms with Gasteiger partial charge in [0.2, 0.25) is 0 Å². The first-order valence-electron chi connectivity index (χ1n) is 5.63. The number of hydrogen-bond donors (Lipinski definition) is 1. The summed E-state index contributed by atoms with van der Waals surface area (Å²) in [6.07, 6.45) is 2.34.